The van der Waals surface area contributed by atoms with Crippen molar-refractivity contribution in [3.05, 3.63) is 0 Å². The van der Waals surface area contributed by atoms with Crippen LogP contribution in [0.5, 0.6) is 0 Å². The monoisotopic (exact) mass is 443 g/mol. The summed E-state index contributed by atoms with van der Waals surface area (Å²) in [5.74, 6) is 0. The molecule has 25 heavy (non-hydrogen) atoms. The Morgan fingerprint density at radius 3 is 0.880 bits per heavy atom. The Hall–Kier alpha value is 0.864. The number of ether oxygens (including phenoxy) is 3. The van der Waals surface area contributed by atoms with Crippen molar-refractivity contribution in [1.29, 1.82) is 0 Å². The Balaban J connectivity index is -0.000000130. The van der Waals surface area contributed by atoms with E-state index in [-0.39, 0.29) is 32.7 Å². The summed E-state index contributed by atoms with van der Waals surface area (Å²) in [5.41, 5.74) is 0. The first-order chi connectivity index (χ1) is 11.4. The summed E-state index contributed by atoms with van der Waals surface area (Å²) in [6.45, 7) is 6.26. The number of aliphatic hydroxyl groups excluding tert-OH is 3. The van der Waals surface area contributed by atoms with Crippen LogP contribution in [-0.2, 0) is 46.9 Å². The molecule has 7 heteroatoms. The van der Waals surface area contributed by atoms with Crippen molar-refractivity contribution in [2.75, 3.05) is 21.3 Å². The summed E-state index contributed by atoms with van der Waals surface area (Å²) >= 11 is 0. The molecule has 0 saturated heterocycles. The Labute approximate surface area is 180 Å². The van der Waals surface area contributed by atoms with Crippen LogP contribution >= 0.6 is 0 Å². The van der Waals surface area contributed by atoms with Crippen molar-refractivity contribution in [1.82, 2.24) is 0 Å². The van der Waals surface area contributed by atoms with Gasteiger partial charge in [0.15, 0.2) is 18.9 Å². The fraction of sp³-hybridized carbons (Fsp3) is 1.00. The topological polar surface area (TPSA) is 88.4 Å². The third kappa shape index (κ3) is 36.5. The fourth-order valence-corrected chi connectivity index (χ4v) is 1.49. The first kappa shape index (κ1) is 33.4. The van der Waals surface area contributed by atoms with E-state index in [1.165, 1.54) is 21.3 Å². The molecule has 0 amide bonds. The van der Waals surface area contributed by atoms with Gasteiger partial charge in [-0.1, -0.05) is 40.0 Å². The first-order valence-electron chi connectivity index (χ1n) is 9.05. The van der Waals surface area contributed by atoms with Crippen LogP contribution in [0.4, 0.5) is 0 Å². The molecule has 1 radical (unpaired) electrons. The molecule has 0 rings (SSSR count). The predicted molar refractivity (Wildman–Crippen MR) is 97.6 cm³/mol. The van der Waals surface area contributed by atoms with E-state index in [0.717, 1.165) is 57.8 Å². The molecule has 0 aromatic carbocycles. The smallest absolute Gasteiger partial charge is 0.154 e. The van der Waals surface area contributed by atoms with Gasteiger partial charge in [-0.25, -0.2) is 0 Å². The summed E-state index contributed by atoms with van der Waals surface area (Å²) in [5, 5.41) is 26.3. The molecule has 0 saturated carbocycles. The molecular formula is C18H42O6Y. The van der Waals surface area contributed by atoms with E-state index in [0.29, 0.717) is 0 Å². The molecule has 0 aromatic rings. The van der Waals surface area contributed by atoms with Crippen LogP contribution in [0.3, 0.4) is 0 Å². The van der Waals surface area contributed by atoms with Crippen LogP contribution in [-0.4, -0.2) is 55.5 Å². The van der Waals surface area contributed by atoms with Crippen molar-refractivity contribution >= 4 is 0 Å². The van der Waals surface area contributed by atoms with Gasteiger partial charge in [0.25, 0.3) is 0 Å². The molecule has 0 spiro atoms. The van der Waals surface area contributed by atoms with Crippen molar-refractivity contribution in [3.8, 4) is 0 Å². The van der Waals surface area contributed by atoms with Gasteiger partial charge in [-0.15, -0.1) is 0 Å². The summed E-state index contributed by atoms with van der Waals surface area (Å²) in [7, 11) is 4.54. The molecule has 0 aliphatic rings. The maximum Gasteiger partial charge on any atom is 0.154 e. The zero-order chi connectivity index (χ0) is 19.2. The molecule has 153 valence electrons. The van der Waals surface area contributed by atoms with Gasteiger partial charge in [0.2, 0.25) is 0 Å². The minimum atomic E-state index is -0.546. The van der Waals surface area contributed by atoms with Gasteiger partial charge in [0.1, 0.15) is 0 Å². The van der Waals surface area contributed by atoms with Gasteiger partial charge in [-0.05, 0) is 38.5 Å². The number of hydrogen-bond donors (Lipinski definition) is 3. The van der Waals surface area contributed by atoms with E-state index in [1.807, 2.05) is 0 Å². The van der Waals surface area contributed by atoms with Crippen LogP contribution in [0.1, 0.15) is 78.6 Å². The number of rotatable bonds is 12. The van der Waals surface area contributed by atoms with Crippen LogP contribution in [0.15, 0.2) is 0 Å². The zero-order valence-electron chi connectivity index (χ0n) is 17.2. The zero-order valence-corrected chi connectivity index (χ0v) is 20.1. The molecule has 0 heterocycles. The van der Waals surface area contributed by atoms with Gasteiger partial charge in [-0.3, -0.25) is 0 Å². The molecular weight excluding hydrogens is 401 g/mol. The number of unbranched alkanes of at least 4 members (excludes halogenated alkanes) is 3. The second-order valence-electron chi connectivity index (χ2n) is 5.50. The molecule has 0 bridgehead atoms. The maximum absolute atomic E-state index is 8.77. The normalized spacial score (nSPS) is 13.3. The van der Waals surface area contributed by atoms with E-state index >= 15 is 0 Å². The van der Waals surface area contributed by atoms with Crippen LogP contribution in [0.25, 0.3) is 0 Å². The van der Waals surface area contributed by atoms with E-state index < -0.39 is 18.9 Å². The summed E-state index contributed by atoms with van der Waals surface area (Å²) in [6, 6.07) is 0. The van der Waals surface area contributed by atoms with Crippen molar-refractivity contribution < 1.29 is 62.2 Å². The third-order valence-corrected chi connectivity index (χ3v) is 3.23. The quantitative estimate of drug-likeness (QED) is 0.401. The number of aliphatic hydroxyl groups is 3. The van der Waals surface area contributed by atoms with Gasteiger partial charge >= 0.3 is 0 Å². The molecule has 3 N–H and O–H groups in total. The van der Waals surface area contributed by atoms with E-state index in [4.69, 9.17) is 15.3 Å². The van der Waals surface area contributed by atoms with Crippen molar-refractivity contribution in [2.45, 2.75) is 97.4 Å². The van der Waals surface area contributed by atoms with Crippen LogP contribution in [0.2, 0.25) is 0 Å². The second-order valence-corrected chi connectivity index (χ2v) is 5.50. The molecule has 0 fully saturated rings. The van der Waals surface area contributed by atoms with Crippen molar-refractivity contribution in [2.24, 2.45) is 0 Å². The fourth-order valence-electron chi connectivity index (χ4n) is 1.49. The minimum absolute atomic E-state index is 0. The molecule has 3 unspecified atom stereocenters. The molecule has 6 nitrogen and oxygen atoms in total. The van der Waals surface area contributed by atoms with Gasteiger partial charge in [0, 0.05) is 54.0 Å². The van der Waals surface area contributed by atoms with Gasteiger partial charge < -0.3 is 29.5 Å². The van der Waals surface area contributed by atoms with E-state index in [1.54, 1.807) is 0 Å². The van der Waals surface area contributed by atoms with Crippen LogP contribution < -0.4 is 0 Å². The standard InChI is InChI=1S/3C6H14O2.Y/c3*1-3-4-5-6(7)8-2;/h3*6-7H,3-5H2,1-2H3;. The second kappa shape index (κ2) is 29.6. The molecule has 0 aliphatic carbocycles. The first-order valence-corrected chi connectivity index (χ1v) is 9.05. The van der Waals surface area contributed by atoms with Gasteiger partial charge in [-0.2, -0.15) is 0 Å². The Bertz CT molecular complexity index is 177. The number of hydrogen-bond acceptors (Lipinski definition) is 6. The largest absolute Gasteiger partial charge is 0.368 e. The van der Waals surface area contributed by atoms with E-state index in [9.17, 15) is 0 Å². The Morgan fingerprint density at radius 1 is 0.560 bits per heavy atom. The predicted octanol–water partition coefficient (Wildman–Crippen LogP) is 3.42. The molecule has 3 atom stereocenters. The van der Waals surface area contributed by atoms with Crippen molar-refractivity contribution in [3.63, 3.8) is 0 Å². The average molecular weight is 443 g/mol. The Kier molecular flexibility index (Phi) is 39.6. The minimum Gasteiger partial charge on any atom is -0.368 e. The maximum atomic E-state index is 8.77. The SMILES string of the molecule is CCCCC(O)OC.CCCCC(O)OC.CCCCC(O)OC.[Y]. The third-order valence-electron chi connectivity index (χ3n) is 3.23. The summed E-state index contributed by atoms with van der Waals surface area (Å²) in [6.07, 6.45) is 7.08. The average Bonchev–Trinajstić information content (AvgIpc) is 2.62. The van der Waals surface area contributed by atoms with Crippen LogP contribution in [0, 0.1) is 0 Å². The molecule has 0 aromatic heterocycles. The summed E-state index contributed by atoms with van der Waals surface area (Å²) < 4.78 is 13.8. The summed E-state index contributed by atoms with van der Waals surface area (Å²) in [4.78, 5) is 0. The number of methoxy groups -OCH3 is 3. The van der Waals surface area contributed by atoms with Gasteiger partial charge in [0.05, 0.1) is 0 Å². The Morgan fingerprint density at radius 2 is 0.760 bits per heavy atom. The van der Waals surface area contributed by atoms with E-state index in [2.05, 4.69) is 35.0 Å². The molecule has 0 aliphatic heterocycles.